The molecule has 1 unspecified atom stereocenters. The van der Waals surface area contributed by atoms with E-state index >= 15 is 0 Å². The van der Waals surface area contributed by atoms with Gasteiger partial charge in [0.2, 0.25) is 0 Å². The van der Waals surface area contributed by atoms with Crippen LogP contribution >= 0.6 is 15.6 Å². The van der Waals surface area contributed by atoms with Crippen molar-refractivity contribution in [1.82, 2.24) is 0 Å². The van der Waals surface area contributed by atoms with Crippen LogP contribution in [0.5, 0.6) is 0 Å². The van der Waals surface area contributed by atoms with E-state index in [9.17, 15) is 23.8 Å². The Hall–Kier alpha value is 0.140. The van der Waals surface area contributed by atoms with Gasteiger partial charge < -0.3 is 38.8 Å². The molecule has 0 saturated heterocycles. The molecular weight excluding hydrogens is 648 g/mol. The zero-order chi connectivity index (χ0) is 37.5. The van der Waals surface area contributed by atoms with Crippen molar-refractivity contribution in [2.75, 3.05) is 58.9 Å². The first-order valence-corrected chi connectivity index (χ1v) is 23.0. The highest BCUT2D eigenvalue weighted by Gasteiger charge is 2.07. The van der Waals surface area contributed by atoms with E-state index in [1.807, 2.05) is 14.7 Å². The summed E-state index contributed by atoms with van der Waals surface area (Å²) in [5, 5.41) is 0. The lowest BCUT2D eigenvalue weighted by molar-refractivity contribution is -0.900. The molecule has 0 aromatic heterocycles. The molecule has 296 valence electrons. The molecule has 0 heterocycles. The number of hydrogen-bond acceptors (Lipinski definition) is 6. The van der Waals surface area contributed by atoms with Gasteiger partial charge in [0.05, 0.1) is 66.7 Å². The van der Waals surface area contributed by atoms with E-state index in [2.05, 4.69) is 66.6 Å². The maximum atomic E-state index is 9.44. The number of hydrogen-bond donors (Lipinski definition) is 4. The van der Waals surface area contributed by atoms with Gasteiger partial charge in [0.1, 0.15) is 0 Å². The molecule has 48 heavy (non-hydrogen) atoms. The fraction of sp³-hybridized carbons (Fsp3) is 1.00. The van der Waals surface area contributed by atoms with Crippen LogP contribution in [-0.4, -0.2) is 63.8 Å². The summed E-state index contributed by atoms with van der Waals surface area (Å²) in [4.78, 5) is 41.2. The Morgan fingerprint density at radius 2 is 0.542 bits per heavy atom. The third kappa shape index (κ3) is 52.9. The highest BCUT2D eigenvalue weighted by molar-refractivity contribution is 7.58. The topological polar surface area (TPSA) is 146 Å². The van der Waals surface area contributed by atoms with Gasteiger partial charge in [-0.25, -0.2) is 0 Å². The maximum absolute atomic E-state index is 9.44. The monoisotopic (exact) mass is 734 g/mol. The van der Waals surface area contributed by atoms with E-state index in [1.54, 1.807) is 0 Å². The molecule has 0 aromatic carbocycles. The van der Waals surface area contributed by atoms with Gasteiger partial charge in [-0.15, -0.1) is 0 Å². The zero-order valence-electron chi connectivity index (χ0n) is 33.4. The summed E-state index contributed by atoms with van der Waals surface area (Å²) in [5.41, 5.74) is 0. The van der Waals surface area contributed by atoms with E-state index < -0.39 is 15.6 Å². The van der Waals surface area contributed by atoms with Crippen LogP contribution in [0.4, 0.5) is 0 Å². The van der Waals surface area contributed by atoms with Crippen LogP contribution in [0.25, 0.3) is 0 Å². The number of quaternary nitrogens is 3. The molecule has 0 amide bonds. The summed E-state index contributed by atoms with van der Waals surface area (Å²) in [6.45, 7) is 33.2. The molecular formula is C36H85N3O7P2. The minimum absolute atomic E-state index is 1.35. The van der Waals surface area contributed by atoms with Crippen LogP contribution in [0.1, 0.15) is 178 Å². The predicted molar refractivity (Wildman–Crippen MR) is 199 cm³/mol. The molecule has 0 bridgehead atoms. The average Bonchev–Trinajstić information content (AvgIpc) is 3.03. The smallest absolute Gasteiger partial charge is 0.269 e. The van der Waals surface area contributed by atoms with Gasteiger partial charge in [0, 0.05) is 0 Å². The number of phosphoric acid groups is 2. The van der Waals surface area contributed by atoms with Gasteiger partial charge in [-0.3, -0.25) is 8.88 Å². The molecule has 0 aliphatic heterocycles. The van der Waals surface area contributed by atoms with Crippen LogP contribution in [0, 0.1) is 0 Å². The standard InChI is InChI=1S/3C12H27N.H4O7P2/c3*1-4-7-10-13(11-8-5-2)12-9-6-3;1-8(2,3)7-9(4,5)6/h3*4-12H2,1-3H3;(H2,1,2,3)(H2,4,5,6). The summed E-state index contributed by atoms with van der Waals surface area (Å²) in [7, 11) is -11.0. The molecule has 1 atom stereocenters. The molecule has 0 fully saturated rings. The van der Waals surface area contributed by atoms with E-state index in [0.29, 0.717) is 0 Å². The number of rotatable bonds is 29. The zero-order valence-corrected chi connectivity index (χ0v) is 35.2. The molecule has 0 radical (unpaired) electrons. The van der Waals surface area contributed by atoms with Crippen LogP contribution in [0.2, 0.25) is 0 Å². The van der Waals surface area contributed by atoms with Crippen molar-refractivity contribution in [3.05, 3.63) is 0 Å². The van der Waals surface area contributed by atoms with E-state index in [1.165, 1.54) is 174 Å². The quantitative estimate of drug-likeness (QED) is 0.0848. The first-order valence-electron chi connectivity index (χ1n) is 20.0. The first kappa shape index (κ1) is 54.9. The van der Waals surface area contributed by atoms with Gasteiger partial charge in [-0.2, -0.15) is 0 Å². The average molecular weight is 734 g/mol. The van der Waals surface area contributed by atoms with Gasteiger partial charge in [0.25, 0.3) is 7.82 Å². The van der Waals surface area contributed by atoms with Gasteiger partial charge in [0.15, 0.2) is 0 Å². The Balaban J connectivity index is -0.000000271. The van der Waals surface area contributed by atoms with E-state index in [0.717, 1.165) is 0 Å². The van der Waals surface area contributed by atoms with Crippen molar-refractivity contribution >= 4 is 15.6 Å². The first-order chi connectivity index (χ1) is 22.7. The third-order valence-electron chi connectivity index (χ3n) is 8.16. The second-order valence-corrected chi connectivity index (χ2v) is 15.7. The van der Waals surface area contributed by atoms with Crippen molar-refractivity contribution in [3.8, 4) is 0 Å². The predicted octanol–water partition coefficient (Wildman–Crippen LogP) is 4.11. The minimum atomic E-state index is -5.61. The van der Waals surface area contributed by atoms with E-state index in [-0.39, 0.29) is 0 Å². The molecule has 12 heteroatoms. The van der Waals surface area contributed by atoms with Crippen LogP contribution in [-0.2, 0) is 13.4 Å². The molecule has 0 saturated carbocycles. The van der Waals surface area contributed by atoms with Gasteiger partial charge in [-0.05, 0) is 57.8 Å². The lowest BCUT2D eigenvalue weighted by Gasteiger charge is -2.32. The molecule has 0 rings (SSSR count). The number of unbranched alkanes of at least 4 members (excludes halogenated alkanes) is 9. The normalized spacial score (nSPS) is 12.6. The summed E-state index contributed by atoms with van der Waals surface area (Å²) < 4.78 is 21.4. The molecule has 0 aliphatic rings. The lowest BCUT2D eigenvalue weighted by Crippen LogP contribution is -3.12. The van der Waals surface area contributed by atoms with Crippen LogP contribution < -0.4 is 29.4 Å². The second kappa shape index (κ2) is 41.6. The lowest BCUT2D eigenvalue weighted by atomic mass is 10.2. The Morgan fingerprint density at radius 1 is 0.396 bits per heavy atom. The van der Waals surface area contributed by atoms with Gasteiger partial charge in [-0.1, -0.05) is 120 Å². The molecule has 0 aliphatic carbocycles. The van der Waals surface area contributed by atoms with Crippen molar-refractivity contribution in [2.45, 2.75) is 178 Å². The number of nitrogens with one attached hydrogen (secondary N) is 3. The Bertz CT molecular complexity index is 562. The highest BCUT2D eigenvalue weighted by Crippen LogP contribution is 2.45. The van der Waals surface area contributed by atoms with E-state index in [4.69, 9.17) is 4.89 Å². The summed E-state index contributed by atoms with van der Waals surface area (Å²) in [6, 6.07) is 0. The third-order valence-corrected chi connectivity index (χ3v) is 9.78. The van der Waals surface area contributed by atoms with Crippen molar-refractivity contribution in [2.24, 2.45) is 0 Å². The molecule has 0 spiro atoms. The SMILES string of the molecule is CCCC[NH+](CCCC)CCCC.CCCC[NH+](CCCC)CCCC.CCCC[NH+](CCCC)CCCC.O=P([O-])([O-])OP(=O)([O-])O. The highest BCUT2D eigenvalue weighted by atomic mass is 31.3. The maximum Gasteiger partial charge on any atom is 0.269 e. The Kier molecular flexibility index (Phi) is 47.5. The van der Waals surface area contributed by atoms with Gasteiger partial charge >= 0.3 is 0 Å². The van der Waals surface area contributed by atoms with Crippen LogP contribution in [0.15, 0.2) is 0 Å². The fourth-order valence-corrected chi connectivity index (χ4v) is 6.10. The Labute approximate surface area is 299 Å². The van der Waals surface area contributed by atoms with Crippen molar-refractivity contribution < 1.29 is 47.7 Å². The minimum Gasteiger partial charge on any atom is -0.790 e. The summed E-state index contributed by atoms with van der Waals surface area (Å²) >= 11 is 0. The summed E-state index contributed by atoms with van der Waals surface area (Å²) in [6.07, 6.45) is 24.8. The molecule has 0 aromatic rings. The van der Waals surface area contributed by atoms with Crippen molar-refractivity contribution in [3.63, 3.8) is 0 Å². The fourth-order valence-electron chi connectivity index (χ4n) is 5.09. The second-order valence-electron chi connectivity index (χ2n) is 13.2. The molecule has 10 nitrogen and oxygen atoms in total. The summed E-state index contributed by atoms with van der Waals surface area (Å²) in [5.74, 6) is 0. The Morgan fingerprint density at radius 3 is 0.604 bits per heavy atom. The largest absolute Gasteiger partial charge is 0.790 e. The van der Waals surface area contributed by atoms with Crippen LogP contribution in [0.3, 0.4) is 0 Å². The van der Waals surface area contributed by atoms with Crippen molar-refractivity contribution in [1.29, 1.82) is 0 Å². The molecule has 4 N–H and O–H groups in total.